The second-order valence-corrected chi connectivity index (χ2v) is 5.11. The lowest BCUT2D eigenvalue weighted by atomic mass is 10.2. The number of rotatable bonds is 3. The number of benzene rings is 1. The molecule has 1 saturated carbocycles. The molecule has 2 N–H and O–H groups in total. The first-order valence-corrected chi connectivity index (χ1v) is 6.65. The van der Waals surface area contributed by atoms with E-state index in [2.05, 4.69) is 22.5 Å². The summed E-state index contributed by atoms with van der Waals surface area (Å²) in [7, 11) is 0. The standard InChI is InChI=1S/C15H17N3O/c1-10(11-7-8-11)17-15(19)18-13-6-2-4-12-5-3-9-16-14(12)13/h2-6,9-11H,7-8H2,1H3,(H2,17,18,19). The Hall–Kier alpha value is -2.10. The zero-order valence-electron chi connectivity index (χ0n) is 10.9. The number of carbonyl (C=O) groups is 1. The smallest absolute Gasteiger partial charge is 0.319 e. The van der Waals surface area contributed by atoms with Crippen LogP contribution >= 0.6 is 0 Å². The summed E-state index contributed by atoms with van der Waals surface area (Å²) in [4.78, 5) is 16.3. The molecule has 4 heteroatoms. The minimum Gasteiger partial charge on any atom is -0.335 e. The maximum absolute atomic E-state index is 11.9. The van der Waals surface area contributed by atoms with E-state index in [0.717, 1.165) is 16.6 Å². The number of pyridine rings is 1. The van der Waals surface area contributed by atoms with Crippen LogP contribution < -0.4 is 10.6 Å². The molecule has 2 aromatic rings. The Morgan fingerprint density at radius 2 is 2.11 bits per heavy atom. The van der Waals surface area contributed by atoms with Crippen LogP contribution in [-0.4, -0.2) is 17.1 Å². The monoisotopic (exact) mass is 255 g/mol. The molecule has 4 nitrogen and oxygen atoms in total. The molecule has 1 unspecified atom stereocenters. The topological polar surface area (TPSA) is 54.0 Å². The summed E-state index contributed by atoms with van der Waals surface area (Å²) in [5.41, 5.74) is 1.57. The summed E-state index contributed by atoms with van der Waals surface area (Å²) < 4.78 is 0. The number of anilines is 1. The average Bonchev–Trinajstić information content (AvgIpc) is 3.23. The highest BCUT2D eigenvalue weighted by molar-refractivity contribution is 5.99. The van der Waals surface area contributed by atoms with Gasteiger partial charge in [0, 0.05) is 17.6 Å². The van der Waals surface area contributed by atoms with E-state index in [1.165, 1.54) is 12.8 Å². The molecule has 1 atom stereocenters. The molecule has 19 heavy (non-hydrogen) atoms. The summed E-state index contributed by atoms with van der Waals surface area (Å²) in [5, 5.41) is 6.89. The van der Waals surface area contributed by atoms with Gasteiger partial charge in [-0.1, -0.05) is 18.2 Å². The van der Waals surface area contributed by atoms with Gasteiger partial charge in [0.25, 0.3) is 0 Å². The Balaban J connectivity index is 1.75. The van der Waals surface area contributed by atoms with Gasteiger partial charge in [-0.2, -0.15) is 0 Å². The van der Waals surface area contributed by atoms with Gasteiger partial charge in [0.1, 0.15) is 0 Å². The lowest BCUT2D eigenvalue weighted by Crippen LogP contribution is -2.37. The number of nitrogens with zero attached hydrogens (tertiary/aromatic N) is 1. The Morgan fingerprint density at radius 1 is 1.32 bits per heavy atom. The van der Waals surface area contributed by atoms with Gasteiger partial charge in [-0.3, -0.25) is 4.98 Å². The summed E-state index contributed by atoms with van der Waals surface area (Å²) >= 11 is 0. The first-order chi connectivity index (χ1) is 9.24. The second kappa shape index (κ2) is 4.88. The van der Waals surface area contributed by atoms with Gasteiger partial charge in [0.15, 0.2) is 0 Å². The fourth-order valence-corrected chi connectivity index (χ4v) is 2.28. The van der Waals surface area contributed by atoms with Crippen molar-refractivity contribution in [3.8, 4) is 0 Å². The van der Waals surface area contributed by atoms with E-state index in [1.807, 2.05) is 30.3 Å². The third kappa shape index (κ3) is 2.67. The highest BCUT2D eigenvalue weighted by atomic mass is 16.2. The molecule has 1 aliphatic carbocycles. The van der Waals surface area contributed by atoms with Crippen molar-refractivity contribution in [3.05, 3.63) is 36.5 Å². The van der Waals surface area contributed by atoms with Crippen molar-refractivity contribution in [2.75, 3.05) is 5.32 Å². The van der Waals surface area contributed by atoms with E-state index >= 15 is 0 Å². The van der Waals surface area contributed by atoms with Crippen LogP contribution in [0.15, 0.2) is 36.5 Å². The third-order valence-corrected chi connectivity index (χ3v) is 3.57. The van der Waals surface area contributed by atoms with Crippen LogP contribution in [0, 0.1) is 5.92 Å². The highest BCUT2D eigenvalue weighted by Gasteiger charge is 2.28. The first-order valence-electron chi connectivity index (χ1n) is 6.65. The maximum atomic E-state index is 11.9. The molecular weight excluding hydrogens is 238 g/mol. The number of nitrogens with one attached hydrogen (secondary N) is 2. The first kappa shape index (κ1) is 12.0. The van der Waals surface area contributed by atoms with Gasteiger partial charge in [-0.05, 0) is 37.8 Å². The Bertz CT molecular complexity index is 602. The quantitative estimate of drug-likeness (QED) is 0.885. The number of urea groups is 1. The largest absolute Gasteiger partial charge is 0.335 e. The van der Waals surface area contributed by atoms with Gasteiger partial charge in [-0.15, -0.1) is 0 Å². The molecule has 0 bridgehead atoms. The van der Waals surface area contributed by atoms with Gasteiger partial charge in [-0.25, -0.2) is 4.79 Å². The number of fused-ring (bicyclic) bond motifs is 1. The molecule has 0 aliphatic heterocycles. The van der Waals surface area contributed by atoms with Crippen LogP contribution in [0.1, 0.15) is 19.8 Å². The Kier molecular flexibility index (Phi) is 3.07. The van der Waals surface area contributed by atoms with Crippen LogP contribution in [0.4, 0.5) is 10.5 Å². The molecule has 1 aromatic heterocycles. The molecule has 1 fully saturated rings. The predicted molar refractivity (Wildman–Crippen MR) is 76.1 cm³/mol. The maximum Gasteiger partial charge on any atom is 0.319 e. The second-order valence-electron chi connectivity index (χ2n) is 5.11. The molecular formula is C15H17N3O. The van der Waals surface area contributed by atoms with Crippen LogP contribution in [0.5, 0.6) is 0 Å². The van der Waals surface area contributed by atoms with Crippen molar-refractivity contribution >= 4 is 22.6 Å². The molecule has 1 aromatic carbocycles. The summed E-state index contributed by atoms with van der Waals surface area (Å²) in [6.07, 6.45) is 4.17. The summed E-state index contributed by atoms with van der Waals surface area (Å²) in [6.45, 7) is 2.05. The normalized spacial score (nSPS) is 16.1. The molecule has 0 spiro atoms. The number of hydrogen-bond acceptors (Lipinski definition) is 2. The SMILES string of the molecule is CC(NC(=O)Nc1cccc2cccnc12)C1CC1. The molecule has 0 saturated heterocycles. The van der Waals surface area contributed by atoms with Crippen molar-refractivity contribution < 1.29 is 4.79 Å². The van der Waals surface area contributed by atoms with Crippen LogP contribution in [0.2, 0.25) is 0 Å². The fourth-order valence-electron chi connectivity index (χ4n) is 2.28. The predicted octanol–water partition coefficient (Wildman–Crippen LogP) is 3.15. The molecule has 0 radical (unpaired) electrons. The number of aromatic nitrogens is 1. The van der Waals surface area contributed by atoms with Gasteiger partial charge in [0.2, 0.25) is 0 Å². The molecule has 1 heterocycles. The van der Waals surface area contributed by atoms with Crippen molar-refractivity contribution in [2.24, 2.45) is 5.92 Å². The van der Waals surface area contributed by atoms with Crippen LogP contribution in [0.3, 0.4) is 0 Å². The van der Waals surface area contributed by atoms with E-state index in [1.54, 1.807) is 6.20 Å². The van der Waals surface area contributed by atoms with Gasteiger partial charge < -0.3 is 10.6 Å². The van der Waals surface area contributed by atoms with E-state index in [-0.39, 0.29) is 12.1 Å². The van der Waals surface area contributed by atoms with E-state index in [4.69, 9.17) is 0 Å². The zero-order chi connectivity index (χ0) is 13.2. The minimum absolute atomic E-state index is 0.155. The van der Waals surface area contributed by atoms with Crippen molar-refractivity contribution in [3.63, 3.8) is 0 Å². The molecule has 1 aliphatic rings. The fraction of sp³-hybridized carbons (Fsp3) is 0.333. The van der Waals surface area contributed by atoms with Gasteiger partial charge in [0.05, 0.1) is 11.2 Å². The van der Waals surface area contributed by atoms with Gasteiger partial charge >= 0.3 is 6.03 Å². The zero-order valence-corrected chi connectivity index (χ0v) is 10.9. The third-order valence-electron chi connectivity index (χ3n) is 3.57. The van der Waals surface area contributed by atoms with Crippen LogP contribution in [0.25, 0.3) is 10.9 Å². The summed E-state index contributed by atoms with van der Waals surface area (Å²) in [5.74, 6) is 0.649. The number of amides is 2. The Morgan fingerprint density at radius 3 is 2.89 bits per heavy atom. The van der Waals surface area contributed by atoms with E-state index in [0.29, 0.717) is 5.92 Å². The number of carbonyl (C=O) groups excluding carboxylic acids is 1. The van der Waals surface area contributed by atoms with Crippen molar-refractivity contribution in [1.82, 2.24) is 10.3 Å². The average molecular weight is 255 g/mol. The molecule has 2 amide bonds. The lowest BCUT2D eigenvalue weighted by Gasteiger charge is -2.14. The van der Waals surface area contributed by atoms with Crippen molar-refractivity contribution in [1.29, 1.82) is 0 Å². The molecule has 98 valence electrons. The highest BCUT2D eigenvalue weighted by Crippen LogP contribution is 2.32. The molecule has 3 rings (SSSR count). The minimum atomic E-state index is -0.155. The summed E-state index contributed by atoms with van der Waals surface area (Å²) in [6, 6.07) is 9.74. The van der Waals surface area contributed by atoms with Crippen molar-refractivity contribution in [2.45, 2.75) is 25.8 Å². The number of para-hydroxylation sites is 1. The van der Waals surface area contributed by atoms with Crippen LogP contribution in [-0.2, 0) is 0 Å². The number of hydrogen-bond donors (Lipinski definition) is 2. The lowest BCUT2D eigenvalue weighted by molar-refractivity contribution is 0.248. The Labute approximate surface area is 112 Å². The van der Waals surface area contributed by atoms with E-state index < -0.39 is 0 Å². The van der Waals surface area contributed by atoms with E-state index in [9.17, 15) is 4.79 Å².